The first-order valence-corrected chi connectivity index (χ1v) is 23.0. The lowest BCUT2D eigenvalue weighted by Gasteiger charge is -2.24. The van der Waals surface area contributed by atoms with E-state index in [0.29, 0.717) is 11.8 Å². The van der Waals surface area contributed by atoms with Crippen LogP contribution in [0, 0.1) is 20.8 Å². The number of para-hydroxylation sites is 1. The number of likely N-dealkylation sites (N-methyl/N-ethyl adjacent to an activating group) is 1. The van der Waals surface area contributed by atoms with Crippen LogP contribution < -0.4 is 9.47 Å². The fourth-order valence-electron chi connectivity index (χ4n) is 7.90. The first-order chi connectivity index (χ1) is 31.2. The Labute approximate surface area is 380 Å². The summed E-state index contributed by atoms with van der Waals surface area (Å²) in [6.07, 6.45) is 1.50. The van der Waals surface area contributed by atoms with Gasteiger partial charge in [0.1, 0.15) is 43.9 Å². The van der Waals surface area contributed by atoms with Gasteiger partial charge in [0.05, 0.1) is 12.7 Å². The molecule has 0 fully saturated rings. The molecule has 0 unspecified atom stereocenters. The van der Waals surface area contributed by atoms with Crippen LogP contribution >= 0.6 is 0 Å². The summed E-state index contributed by atoms with van der Waals surface area (Å²) in [5, 5.41) is 31.0. The van der Waals surface area contributed by atoms with Crippen molar-refractivity contribution < 1.29 is 65.1 Å². The van der Waals surface area contributed by atoms with E-state index in [1.807, 2.05) is 0 Å². The molecule has 6 aromatic carbocycles. The molecule has 18 heteroatoms. The number of methoxy groups -OCH3 is 1. The lowest BCUT2D eigenvalue weighted by molar-refractivity contribution is 0.0681. The smallest absolute Gasteiger partial charge is 0.347 e. The maximum atomic E-state index is 12.6. The molecule has 1 aliphatic rings. The summed E-state index contributed by atoms with van der Waals surface area (Å²) < 4.78 is 75.5. The molecule has 0 radical (unpaired) electrons. The number of aldehydes is 1. The zero-order chi connectivity index (χ0) is 48.2. The Morgan fingerprint density at radius 1 is 0.727 bits per heavy atom. The summed E-state index contributed by atoms with van der Waals surface area (Å²) in [7, 11) is -5.41. The Morgan fingerprint density at radius 2 is 1.29 bits per heavy atom. The van der Waals surface area contributed by atoms with Gasteiger partial charge in [-0.15, -0.1) is 0 Å². The van der Waals surface area contributed by atoms with Gasteiger partial charge >= 0.3 is 11.9 Å². The SMILES string of the molecule is CN1CCc2c(c3ccccc3n2Cc2ccccc2)C1.COc1cc(C)c(C(=O)Oc2cc(C)c(O)c(C(=O)O)c2C)c(O)c1C=O.O=S(=O)(O)c1cccc2c(S(=O)(=O)O)cccc12. The van der Waals surface area contributed by atoms with Gasteiger partial charge in [-0.2, -0.15) is 16.8 Å². The van der Waals surface area contributed by atoms with Gasteiger partial charge in [0.25, 0.3) is 20.2 Å². The molecule has 2 heterocycles. The van der Waals surface area contributed by atoms with Gasteiger partial charge in [-0.3, -0.25) is 13.9 Å². The second kappa shape index (κ2) is 19.6. The number of nitrogens with zero attached hydrogens (tertiary/aromatic N) is 2. The van der Waals surface area contributed by atoms with Crippen LogP contribution in [0.1, 0.15) is 64.6 Å². The van der Waals surface area contributed by atoms with Crippen LogP contribution in [0.3, 0.4) is 0 Å². The highest BCUT2D eigenvalue weighted by Gasteiger charge is 2.27. The van der Waals surface area contributed by atoms with Gasteiger partial charge in [-0.25, -0.2) is 9.59 Å². The molecule has 0 aliphatic carbocycles. The number of rotatable bonds is 9. The molecule has 0 saturated carbocycles. The summed E-state index contributed by atoms with van der Waals surface area (Å²) in [5.41, 5.74) is 5.49. The Kier molecular flexibility index (Phi) is 14.3. The average molecular weight is 939 g/mol. The monoisotopic (exact) mass is 938 g/mol. The van der Waals surface area contributed by atoms with E-state index in [9.17, 15) is 46.5 Å². The lowest BCUT2D eigenvalue weighted by Crippen LogP contribution is -2.27. The third-order valence-electron chi connectivity index (χ3n) is 11.1. The van der Waals surface area contributed by atoms with Crippen LogP contribution in [0.15, 0.2) is 113 Å². The highest BCUT2D eigenvalue weighted by Crippen LogP contribution is 2.37. The first-order valence-electron chi connectivity index (χ1n) is 20.1. The van der Waals surface area contributed by atoms with Crippen LogP contribution in [0.25, 0.3) is 21.7 Å². The molecule has 16 nitrogen and oxygen atoms in total. The van der Waals surface area contributed by atoms with E-state index in [1.54, 1.807) is 0 Å². The Morgan fingerprint density at radius 3 is 1.85 bits per heavy atom. The number of aromatic hydroxyl groups is 2. The normalized spacial score (nSPS) is 12.6. The standard InChI is InChI=1S/C19H20N2.C19H18O8.C10H8O6S2/c1-20-12-11-19-17(14-20)16-9-5-6-10-18(16)21(19)13-15-7-3-2-4-8-15;1-8-5-13(26-4)11(7-20)17(22)14(8)19(25)27-12-6-9(2)16(21)15(10(12)3)18(23)24;11-17(12,13)9-5-1-3-7-8(9)4-2-6-10(7)18(14,15)16/h2-10H,11-14H2,1H3;5-7,21-22H,1-4H3,(H,23,24);1-6H,(H,11,12,13)(H,14,15,16). The molecular weight excluding hydrogens is 893 g/mol. The van der Waals surface area contributed by atoms with Crippen molar-refractivity contribution in [1.82, 2.24) is 9.47 Å². The number of aromatic nitrogens is 1. The van der Waals surface area contributed by atoms with Crippen LogP contribution in [-0.2, 0) is 39.7 Å². The highest BCUT2D eigenvalue weighted by atomic mass is 32.2. The Bertz CT molecular complexity index is 3180. The van der Waals surface area contributed by atoms with E-state index in [0.717, 1.165) is 38.2 Å². The maximum Gasteiger partial charge on any atom is 0.347 e. The fourth-order valence-corrected chi connectivity index (χ4v) is 9.31. The summed E-state index contributed by atoms with van der Waals surface area (Å²) in [5.74, 6) is -3.38. The fraction of sp³-hybridized carbons (Fsp3) is 0.188. The number of carbonyl (C=O) groups excluding carboxylic acids is 2. The van der Waals surface area contributed by atoms with Gasteiger partial charge < -0.3 is 34.3 Å². The van der Waals surface area contributed by atoms with Crippen molar-refractivity contribution in [3.8, 4) is 23.0 Å². The van der Waals surface area contributed by atoms with Crippen LogP contribution in [-0.4, -0.2) is 89.7 Å². The van der Waals surface area contributed by atoms with Crippen molar-refractivity contribution in [2.24, 2.45) is 0 Å². The highest BCUT2D eigenvalue weighted by molar-refractivity contribution is 7.86. The number of esters is 1. The third-order valence-corrected chi connectivity index (χ3v) is 12.9. The van der Waals surface area contributed by atoms with Gasteiger partial charge in [-0.05, 0) is 80.4 Å². The summed E-state index contributed by atoms with van der Waals surface area (Å²) in [4.78, 5) is 36.8. The van der Waals surface area contributed by atoms with E-state index in [1.165, 1.54) is 92.0 Å². The zero-order valence-electron chi connectivity index (χ0n) is 36.3. The van der Waals surface area contributed by atoms with Crippen molar-refractivity contribution >= 4 is 60.1 Å². The zero-order valence-corrected chi connectivity index (χ0v) is 38.0. The molecule has 5 N–H and O–H groups in total. The number of fused-ring (bicyclic) bond motifs is 4. The van der Waals surface area contributed by atoms with Crippen LogP contribution in [0.5, 0.6) is 23.0 Å². The number of phenolic OH excluding ortho intramolecular Hbond substituents is 1. The molecule has 0 atom stereocenters. The molecule has 7 aromatic rings. The predicted octanol–water partition coefficient (Wildman–Crippen LogP) is 7.77. The van der Waals surface area contributed by atoms with Crippen LogP contribution in [0.2, 0.25) is 0 Å². The van der Waals surface area contributed by atoms with Crippen molar-refractivity contribution in [3.63, 3.8) is 0 Å². The van der Waals surface area contributed by atoms with E-state index in [4.69, 9.17) is 18.6 Å². The molecule has 8 rings (SSSR count). The number of phenols is 2. The molecule has 0 bridgehead atoms. The van der Waals surface area contributed by atoms with Gasteiger partial charge in [0, 0.05) is 59.0 Å². The second-order valence-corrected chi connectivity index (χ2v) is 18.2. The number of ether oxygens (including phenoxy) is 2. The number of aromatic carboxylic acids is 1. The lowest BCUT2D eigenvalue weighted by atomic mass is 10.0. The van der Waals surface area contributed by atoms with Crippen molar-refractivity contribution in [3.05, 3.63) is 153 Å². The van der Waals surface area contributed by atoms with Crippen molar-refractivity contribution in [1.29, 1.82) is 0 Å². The number of carboxylic acid groups (broad SMARTS) is 1. The molecule has 0 spiro atoms. The van der Waals surface area contributed by atoms with E-state index < -0.39 is 53.5 Å². The minimum absolute atomic E-state index is 0.0233. The quantitative estimate of drug-likeness (QED) is 0.0401. The van der Waals surface area contributed by atoms with E-state index in [2.05, 4.69) is 71.1 Å². The number of benzene rings is 6. The minimum Gasteiger partial charge on any atom is -0.507 e. The summed E-state index contributed by atoms with van der Waals surface area (Å²) >= 11 is 0. The van der Waals surface area contributed by atoms with Crippen molar-refractivity contribution in [2.75, 3.05) is 20.7 Å². The van der Waals surface area contributed by atoms with Crippen LogP contribution in [0.4, 0.5) is 0 Å². The number of hydrogen-bond donors (Lipinski definition) is 5. The molecular formula is C48H46N2O14S2. The summed E-state index contributed by atoms with van der Waals surface area (Å²) in [6, 6.07) is 29.9. The molecule has 66 heavy (non-hydrogen) atoms. The van der Waals surface area contributed by atoms with Gasteiger partial charge in [0.2, 0.25) is 0 Å². The van der Waals surface area contributed by atoms with Gasteiger partial charge in [0.15, 0.2) is 6.29 Å². The third kappa shape index (κ3) is 10.1. The molecule has 1 aliphatic heterocycles. The molecule has 0 amide bonds. The number of hydrogen-bond acceptors (Lipinski definition) is 12. The molecule has 1 aromatic heterocycles. The maximum absolute atomic E-state index is 12.6. The molecule has 0 saturated heterocycles. The largest absolute Gasteiger partial charge is 0.507 e. The Hall–Kier alpha value is -7.09. The van der Waals surface area contributed by atoms with E-state index >= 15 is 0 Å². The average Bonchev–Trinajstić information content (AvgIpc) is 3.56. The summed E-state index contributed by atoms with van der Waals surface area (Å²) in [6.45, 7) is 7.54. The second-order valence-electron chi connectivity index (χ2n) is 15.4. The number of carbonyl (C=O) groups is 3. The first kappa shape index (κ1) is 48.4. The minimum atomic E-state index is -4.47. The molecule has 344 valence electrons. The van der Waals surface area contributed by atoms with E-state index in [-0.39, 0.29) is 50.1 Å². The number of aryl methyl sites for hydroxylation is 2. The Balaban J connectivity index is 0.000000167. The number of carboxylic acids is 1. The van der Waals surface area contributed by atoms with Crippen molar-refractivity contribution in [2.45, 2.75) is 50.1 Å². The topological polar surface area (TPSA) is 247 Å². The predicted molar refractivity (Wildman–Crippen MR) is 245 cm³/mol. The van der Waals surface area contributed by atoms with Gasteiger partial charge in [-0.1, -0.05) is 72.8 Å².